The summed E-state index contributed by atoms with van der Waals surface area (Å²) in [5.41, 5.74) is 1.63. The fourth-order valence-electron chi connectivity index (χ4n) is 2.74. The Labute approximate surface area is 174 Å². The zero-order valence-corrected chi connectivity index (χ0v) is 17.8. The average Bonchev–Trinajstić information content (AvgIpc) is 3.10. The zero-order valence-electron chi connectivity index (χ0n) is 17.0. The van der Waals surface area contributed by atoms with Crippen LogP contribution >= 0.6 is 11.8 Å². The molecule has 2 heterocycles. The molecule has 29 heavy (non-hydrogen) atoms. The number of nitrogens with zero attached hydrogens (tertiary/aromatic N) is 4. The molecule has 1 N–H and O–H groups in total. The molecule has 3 rings (SSSR count). The van der Waals surface area contributed by atoms with Gasteiger partial charge in [0.05, 0.1) is 12.4 Å². The largest absolute Gasteiger partial charge is 0.497 e. The van der Waals surface area contributed by atoms with Crippen LogP contribution in [0.15, 0.2) is 53.9 Å². The third-order valence-electron chi connectivity index (χ3n) is 4.19. The molecule has 0 unspecified atom stereocenters. The van der Waals surface area contributed by atoms with E-state index in [-0.39, 0.29) is 11.2 Å². The highest BCUT2D eigenvalue weighted by atomic mass is 32.2. The Bertz CT molecular complexity index is 941. The molecule has 1 atom stereocenters. The summed E-state index contributed by atoms with van der Waals surface area (Å²) in [5.74, 6) is 1.82. The molecule has 0 spiro atoms. The third kappa shape index (κ3) is 5.35. The molecule has 0 fully saturated rings. The van der Waals surface area contributed by atoms with Gasteiger partial charge in [-0.1, -0.05) is 25.6 Å². The van der Waals surface area contributed by atoms with E-state index in [1.54, 1.807) is 19.5 Å². The number of carbonyl (C=O) groups excluding carboxylic acids is 1. The van der Waals surface area contributed by atoms with Gasteiger partial charge in [0.1, 0.15) is 5.75 Å². The van der Waals surface area contributed by atoms with Crippen molar-refractivity contribution in [2.24, 2.45) is 5.92 Å². The minimum Gasteiger partial charge on any atom is -0.497 e. The lowest BCUT2D eigenvalue weighted by Crippen LogP contribution is -2.23. The summed E-state index contributed by atoms with van der Waals surface area (Å²) in [6.45, 7) is 6.90. The fourth-order valence-corrected chi connectivity index (χ4v) is 3.60. The Morgan fingerprint density at radius 2 is 1.93 bits per heavy atom. The second-order valence-electron chi connectivity index (χ2n) is 7.03. The maximum Gasteiger partial charge on any atom is 0.237 e. The van der Waals surface area contributed by atoms with Gasteiger partial charge < -0.3 is 14.6 Å². The molecule has 3 aromatic rings. The van der Waals surface area contributed by atoms with E-state index in [4.69, 9.17) is 4.74 Å². The molecule has 0 radical (unpaired) electrons. The standard InChI is InChI=1S/C21H25N5O2S/c1-14(2)13-26-19(16-6-5-11-22-12-16)24-25-21(26)29-15(3)20(27)23-17-7-9-18(28-4)10-8-17/h5-12,14-15H,13H2,1-4H3,(H,23,27)/t15-/m0/s1. The Morgan fingerprint density at radius 1 is 1.17 bits per heavy atom. The normalized spacial score (nSPS) is 12.0. The second-order valence-corrected chi connectivity index (χ2v) is 8.34. The Balaban J connectivity index is 1.75. The fraction of sp³-hybridized carbons (Fsp3) is 0.333. The molecule has 1 aromatic carbocycles. The zero-order chi connectivity index (χ0) is 20.8. The molecule has 2 aromatic heterocycles. The van der Waals surface area contributed by atoms with Crippen molar-refractivity contribution in [2.75, 3.05) is 12.4 Å². The van der Waals surface area contributed by atoms with Gasteiger partial charge in [-0.25, -0.2) is 0 Å². The van der Waals surface area contributed by atoms with Crippen molar-refractivity contribution in [1.82, 2.24) is 19.7 Å². The third-order valence-corrected chi connectivity index (χ3v) is 5.27. The molecule has 0 saturated carbocycles. The predicted octanol–water partition coefficient (Wildman–Crippen LogP) is 4.12. The molecular formula is C21H25N5O2S. The highest BCUT2D eigenvalue weighted by Crippen LogP contribution is 2.28. The van der Waals surface area contributed by atoms with Crippen molar-refractivity contribution in [1.29, 1.82) is 0 Å². The van der Waals surface area contributed by atoms with Crippen LogP contribution in [0, 0.1) is 5.92 Å². The van der Waals surface area contributed by atoms with Crippen molar-refractivity contribution in [3.8, 4) is 17.1 Å². The molecule has 0 aliphatic heterocycles. The van der Waals surface area contributed by atoms with Gasteiger partial charge >= 0.3 is 0 Å². The second kappa shape index (κ2) is 9.56. The number of rotatable bonds is 8. The summed E-state index contributed by atoms with van der Waals surface area (Å²) in [4.78, 5) is 16.8. The summed E-state index contributed by atoms with van der Waals surface area (Å²) in [6.07, 6.45) is 3.50. The van der Waals surface area contributed by atoms with Crippen molar-refractivity contribution in [3.05, 3.63) is 48.8 Å². The van der Waals surface area contributed by atoms with E-state index < -0.39 is 0 Å². The van der Waals surface area contributed by atoms with Gasteiger partial charge in [0.15, 0.2) is 11.0 Å². The van der Waals surface area contributed by atoms with E-state index in [0.29, 0.717) is 5.92 Å². The van der Waals surface area contributed by atoms with Crippen LogP contribution in [0.5, 0.6) is 5.75 Å². The molecule has 8 heteroatoms. The monoisotopic (exact) mass is 411 g/mol. The number of benzene rings is 1. The van der Waals surface area contributed by atoms with E-state index in [0.717, 1.165) is 34.5 Å². The minimum absolute atomic E-state index is 0.0952. The van der Waals surface area contributed by atoms with Crippen LogP contribution in [0.1, 0.15) is 20.8 Å². The van der Waals surface area contributed by atoms with Crippen LogP contribution in [0.2, 0.25) is 0 Å². The summed E-state index contributed by atoms with van der Waals surface area (Å²) in [7, 11) is 1.61. The first-order valence-corrected chi connectivity index (χ1v) is 10.3. The van der Waals surface area contributed by atoms with E-state index in [1.807, 2.05) is 43.3 Å². The summed E-state index contributed by atoms with van der Waals surface area (Å²) in [5, 5.41) is 12.0. The lowest BCUT2D eigenvalue weighted by molar-refractivity contribution is -0.115. The molecule has 1 amide bonds. The topological polar surface area (TPSA) is 81.9 Å². The van der Waals surface area contributed by atoms with Crippen molar-refractivity contribution in [2.45, 2.75) is 37.7 Å². The maximum absolute atomic E-state index is 12.7. The molecular weight excluding hydrogens is 386 g/mol. The number of thioether (sulfide) groups is 1. The molecule has 0 aliphatic carbocycles. The molecule has 0 saturated heterocycles. The summed E-state index contributed by atoms with van der Waals surface area (Å²) in [6, 6.07) is 11.1. The summed E-state index contributed by atoms with van der Waals surface area (Å²) < 4.78 is 7.20. The number of hydrogen-bond acceptors (Lipinski definition) is 6. The molecule has 0 aliphatic rings. The van der Waals surface area contributed by atoms with Gasteiger partial charge in [-0.3, -0.25) is 9.78 Å². The van der Waals surface area contributed by atoms with Gasteiger partial charge in [-0.2, -0.15) is 0 Å². The number of aromatic nitrogens is 4. The van der Waals surface area contributed by atoms with Gasteiger partial charge in [0, 0.05) is 30.2 Å². The van der Waals surface area contributed by atoms with Crippen LogP contribution in [0.4, 0.5) is 5.69 Å². The highest BCUT2D eigenvalue weighted by molar-refractivity contribution is 8.00. The van der Waals surface area contributed by atoms with Gasteiger partial charge in [0.2, 0.25) is 5.91 Å². The smallest absolute Gasteiger partial charge is 0.237 e. The number of amides is 1. The first-order chi connectivity index (χ1) is 14.0. The highest BCUT2D eigenvalue weighted by Gasteiger charge is 2.21. The number of nitrogens with one attached hydrogen (secondary N) is 1. The average molecular weight is 412 g/mol. The number of hydrogen-bond donors (Lipinski definition) is 1. The van der Waals surface area contributed by atoms with Crippen molar-refractivity contribution in [3.63, 3.8) is 0 Å². The van der Waals surface area contributed by atoms with Gasteiger partial charge in [-0.05, 0) is 49.2 Å². The Kier molecular flexibility index (Phi) is 6.87. The first-order valence-electron chi connectivity index (χ1n) is 9.43. The van der Waals surface area contributed by atoms with Crippen molar-refractivity contribution >= 4 is 23.4 Å². The first kappa shape index (κ1) is 20.9. The van der Waals surface area contributed by atoms with Crippen LogP contribution in [0.3, 0.4) is 0 Å². The van der Waals surface area contributed by atoms with E-state index >= 15 is 0 Å². The predicted molar refractivity (Wildman–Crippen MR) is 115 cm³/mol. The number of ether oxygens (including phenoxy) is 1. The Hall–Kier alpha value is -2.87. The van der Waals surface area contributed by atoms with Gasteiger partial charge in [-0.15, -0.1) is 10.2 Å². The number of anilines is 1. The number of pyridine rings is 1. The number of methoxy groups -OCH3 is 1. The summed E-state index contributed by atoms with van der Waals surface area (Å²) >= 11 is 1.39. The van der Waals surface area contributed by atoms with E-state index in [1.165, 1.54) is 11.8 Å². The maximum atomic E-state index is 12.7. The Morgan fingerprint density at radius 3 is 2.55 bits per heavy atom. The molecule has 152 valence electrons. The molecule has 0 bridgehead atoms. The SMILES string of the molecule is COc1ccc(NC(=O)[C@H](C)Sc2nnc(-c3cccnc3)n2CC(C)C)cc1. The minimum atomic E-state index is -0.339. The van der Waals surface area contributed by atoms with Crippen LogP contribution in [-0.2, 0) is 11.3 Å². The van der Waals surface area contributed by atoms with Crippen LogP contribution in [0.25, 0.3) is 11.4 Å². The van der Waals surface area contributed by atoms with Crippen LogP contribution < -0.4 is 10.1 Å². The lowest BCUT2D eigenvalue weighted by Gasteiger charge is -2.15. The quantitative estimate of drug-likeness (QED) is 0.562. The molecule has 7 nitrogen and oxygen atoms in total. The van der Waals surface area contributed by atoms with E-state index in [2.05, 4.69) is 38.9 Å². The lowest BCUT2D eigenvalue weighted by atomic mass is 10.2. The number of carbonyl (C=O) groups is 1. The van der Waals surface area contributed by atoms with Crippen molar-refractivity contribution < 1.29 is 9.53 Å². The van der Waals surface area contributed by atoms with Crippen LogP contribution in [-0.4, -0.2) is 38.0 Å². The van der Waals surface area contributed by atoms with Gasteiger partial charge in [0.25, 0.3) is 0 Å². The van der Waals surface area contributed by atoms with E-state index in [9.17, 15) is 4.79 Å².